The van der Waals surface area contributed by atoms with Crippen LogP contribution in [0.3, 0.4) is 0 Å². The summed E-state index contributed by atoms with van der Waals surface area (Å²) in [7, 11) is 0. The maximum Gasteiger partial charge on any atom is 0.326 e. The minimum absolute atomic E-state index is 0.135. The molecule has 162 valence electrons. The minimum atomic E-state index is -2.51. The van der Waals surface area contributed by atoms with Crippen LogP contribution in [-0.2, 0) is 19.2 Å². The predicted molar refractivity (Wildman–Crippen MR) is 92.7 cm³/mol. The molecule has 0 aromatic heterocycles. The topological polar surface area (TPSA) is 219 Å². The highest BCUT2D eigenvalue weighted by molar-refractivity contribution is 5.91. The standard InChI is InChI=1S/C16H28N2O10/c1-3-5-7(15(25)26)18(8(6-4-2)16(27)28)14(24)12(22)10(20)9(19)11(21)13(17)23/h7-12,19-22H,3-6H2,1-2H3,(H2,17,23)(H,25,26)(H,27,28)/t7-,8-,9-,10-,11-,12+/m0/s1. The third kappa shape index (κ3) is 6.41. The van der Waals surface area contributed by atoms with Gasteiger partial charge in [0.1, 0.15) is 24.3 Å². The van der Waals surface area contributed by atoms with Crippen molar-refractivity contribution in [3.63, 3.8) is 0 Å². The fourth-order valence-electron chi connectivity index (χ4n) is 2.68. The van der Waals surface area contributed by atoms with Crippen LogP contribution >= 0.6 is 0 Å². The number of aliphatic carboxylic acids is 2. The number of primary amides is 1. The van der Waals surface area contributed by atoms with Crippen molar-refractivity contribution in [3.8, 4) is 0 Å². The normalized spacial score (nSPS) is 17.6. The number of hydrogen-bond donors (Lipinski definition) is 7. The van der Waals surface area contributed by atoms with Gasteiger partial charge in [0.25, 0.3) is 5.91 Å². The van der Waals surface area contributed by atoms with Gasteiger partial charge in [-0.2, -0.15) is 0 Å². The van der Waals surface area contributed by atoms with E-state index in [1.54, 1.807) is 13.8 Å². The summed E-state index contributed by atoms with van der Waals surface area (Å²) < 4.78 is 0. The van der Waals surface area contributed by atoms with E-state index in [0.29, 0.717) is 4.90 Å². The number of aliphatic hydroxyl groups is 4. The molecule has 0 aliphatic heterocycles. The van der Waals surface area contributed by atoms with Crippen LogP contribution in [0.2, 0.25) is 0 Å². The number of carbonyl (C=O) groups excluding carboxylic acids is 2. The molecule has 0 rings (SSSR count). The second-order valence-corrected chi connectivity index (χ2v) is 6.30. The Labute approximate surface area is 161 Å². The number of nitrogens with zero attached hydrogens (tertiary/aromatic N) is 1. The van der Waals surface area contributed by atoms with Crippen molar-refractivity contribution >= 4 is 23.8 Å². The number of hydrogen-bond acceptors (Lipinski definition) is 8. The van der Waals surface area contributed by atoms with Crippen molar-refractivity contribution in [2.75, 3.05) is 0 Å². The highest BCUT2D eigenvalue weighted by Gasteiger charge is 2.44. The van der Waals surface area contributed by atoms with Crippen LogP contribution in [0.1, 0.15) is 39.5 Å². The molecule has 12 nitrogen and oxygen atoms in total. The molecule has 2 amide bonds. The fourth-order valence-corrected chi connectivity index (χ4v) is 2.68. The Morgan fingerprint density at radius 3 is 1.43 bits per heavy atom. The summed E-state index contributed by atoms with van der Waals surface area (Å²) in [5, 5.41) is 58.0. The van der Waals surface area contributed by atoms with E-state index in [0.717, 1.165) is 0 Å². The van der Waals surface area contributed by atoms with Gasteiger partial charge in [-0.15, -0.1) is 0 Å². The van der Waals surface area contributed by atoms with E-state index in [-0.39, 0.29) is 25.7 Å². The molecule has 0 aromatic carbocycles. The van der Waals surface area contributed by atoms with Gasteiger partial charge in [-0.3, -0.25) is 9.59 Å². The van der Waals surface area contributed by atoms with Crippen LogP contribution in [0.5, 0.6) is 0 Å². The second kappa shape index (κ2) is 11.5. The van der Waals surface area contributed by atoms with E-state index in [4.69, 9.17) is 5.73 Å². The number of amides is 2. The summed E-state index contributed by atoms with van der Waals surface area (Å²) in [6.45, 7) is 3.21. The first-order valence-electron chi connectivity index (χ1n) is 8.71. The molecule has 0 spiro atoms. The van der Waals surface area contributed by atoms with Gasteiger partial charge in [0.05, 0.1) is 0 Å². The second-order valence-electron chi connectivity index (χ2n) is 6.30. The molecular weight excluding hydrogens is 380 g/mol. The Morgan fingerprint density at radius 2 is 1.14 bits per heavy atom. The lowest BCUT2D eigenvalue weighted by molar-refractivity contribution is -0.173. The van der Waals surface area contributed by atoms with E-state index in [9.17, 15) is 49.8 Å². The van der Waals surface area contributed by atoms with Crippen molar-refractivity contribution in [1.29, 1.82) is 0 Å². The van der Waals surface area contributed by atoms with Gasteiger partial charge >= 0.3 is 11.9 Å². The van der Waals surface area contributed by atoms with E-state index in [1.165, 1.54) is 0 Å². The number of carboxylic acid groups (broad SMARTS) is 2. The molecule has 0 radical (unpaired) electrons. The highest BCUT2D eigenvalue weighted by atomic mass is 16.4. The van der Waals surface area contributed by atoms with Crippen LogP contribution in [0.25, 0.3) is 0 Å². The summed E-state index contributed by atoms with van der Waals surface area (Å²) in [5.41, 5.74) is 4.77. The number of rotatable bonds is 13. The number of carbonyl (C=O) groups is 4. The Bertz CT molecular complexity index is 546. The maximum absolute atomic E-state index is 12.7. The molecule has 0 saturated heterocycles. The molecule has 0 fully saturated rings. The van der Waals surface area contributed by atoms with E-state index < -0.39 is 60.3 Å². The third-order valence-electron chi connectivity index (χ3n) is 4.16. The minimum Gasteiger partial charge on any atom is -0.480 e. The zero-order chi connectivity index (χ0) is 22.2. The smallest absolute Gasteiger partial charge is 0.326 e. The highest BCUT2D eigenvalue weighted by Crippen LogP contribution is 2.20. The molecule has 0 unspecified atom stereocenters. The lowest BCUT2D eigenvalue weighted by atomic mass is 9.98. The van der Waals surface area contributed by atoms with Crippen LogP contribution in [0, 0.1) is 0 Å². The molecule has 28 heavy (non-hydrogen) atoms. The fraction of sp³-hybridized carbons (Fsp3) is 0.750. The van der Waals surface area contributed by atoms with Gasteiger partial charge in [-0.05, 0) is 12.8 Å². The van der Waals surface area contributed by atoms with Crippen molar-refractivity contribution < 1.29 is 49.8 Å². The average Bonchev–Trinajstić information content (AvgIpc) is 2.63. The van der Waals surface area contributed by atoms with Crippen molar-refractivity contribution in [3.05, 3.63) is 0 Å². The first-order valence-corrected chi connectivity index (χ1v) is 8.71. The molecule has 6 atom stereocenters. The van der Waals surface area contributed by atoms with E-state index in [1.807, 2.05) is 0 Å². The lowest BCUT2D eigenvalue weighted by Gasteiger charge is -2.36. The van der Waals surface area contributed by atoms with Gasteiger partial charge in [-0.1, -0.05) is 26.7 Å². The molecule has 0 aliphatic carbocycles. The van der Waals surface area contributed by atoms with Crippen LogP contribution in [0.15, 0.2) is 0 Å². The van der Waals surface area contributed by atoms with E-state index in [2.05, 4.69) is 0 Å². The molecular formula is C16H28N2O10. The summed E-state index contributed by atoms with van der Waals surface area (Å²) in [4.78, 5) is 47.3. The zero-order valence-electron chi connectivity index (χ0n) is 15.6. The number of aliphatic hydroxyl groups excluding tert-OH is 4. The Morgan fingerprint density at radius 1 is 0.786 bits per heavy atom. The average molecular weight is 408 g/mol. The molecule has 0 bridgehead atoms. The first kappa shape index (κ1) is 25.7. The summed E-state index contributed by atoms with van der Waals surface area (Å²) in [6, 6.07) is -3.24. The largest absolute Gasteiger partial charge is 0.480 e. The SMILES string of the molecule is CCC[C@@H](C(=O)O)N(C(=O)[C@H](O)[C@@H](O)[C@H](O)[C@H](O)C(N)=O)[C@@H](CCC)C(=O)O. The molecule has 0 heterocycles. The number of nitrogens with two attached hydrogens (primary N) is 1. The van der Waals surface area contributed by atoms with Gasteiger partial charge in [0, 0.05) is 0 Å². The first-order chi connectivity index (χ1) is 12.9. The molecule has 0 aromatic rings. The quantitative estimate of drug-likeness (QED) is 0.166. The Kier molecular flexibility index (Phi) is 10.6. The Balaban J connectivity index is 5.98. The number of carboxylic acids is 2. The van der Waals surface area contributed by atoms with Crippen molar-refractivity contribution in [2.45, 2.75) is 76.0 Å². The third-order valence-corrected chi connectivity index (χ3v) is 4.16. The molecule has 12 heteroatoms. The summed E-state index contributed by atoms with van der Waals surface area (Å²) in [5.74, 6) is -5.95. The molecule has 8 N–H and O–H groups in total. The van der Waals surface area contributed by atoms with Crippen LogP contribution in [0.4, 0.5) is 0 Å². The summed E-state index contributed by atoms with van der Waals surface area (Å²) >= 11 is 0. The van der Waals surface area contributed by atoms with Crippen molar-refractivity contribution in [1.82, 2.24) is 4.90 Å². The molecule has 0 aliphatic rings. The lowest BCUT2D eigenvalue weighted by Crippen LogP contribution is -2.60. The Hall–Kier alpha value is -2.28. The van der Waals surface area contributed by atoms with Gasteiger partial charge < -0.3 is 41.3 Å². The van der Waals surface area contributed by atoms with Gasteiger partial charge in [0.15, 0.2) is 12.2 Å². The zero-order valence-corrected chi connectivity index (χ0v) is 15.6. The van der Waals surface area contributed by atoms with Gasteiger partial charge in [0.2, 0.25) is 5.91 Å². The van der Waals surface area contributed by atoms with Crippen molar-refractivity contribution in [2.24, 2.45) is 5.73 Å². The van der Waals surface area contributed by atoms with E-state index >= 15 is 0 Å². The predicted octanol–water partition coefficient (Wildman–Crippen LogP) is -2.75. The monoisotopic (exact) mass is 408 g/mol. The maximum atomic E-state index is 12.7. The van der Waals surface area contributed by atoms with Gasteiger partial charge in [-0.25, -0.2) is 9.59 Å². The van der Waals surface area contributed by atoms with Crippen LogP contribution < -0.4 is 5.73 Å². The molecule has 0 saturated carbocycles. The summed E-state index contributed by atoms with van der Waals surface area (Å²) in [6.07, 6.45) is -9.36. The van der Waals surface area contributed by atoms with Crippen LogP contribution in [-0.4, -0.2) is 95.8 Å².